The second-order valence-corrected chi connectivity index (χ2v) is 5.93. The van der Waals surface area contributed by atoms with E-state index < -0.39 is 0 Å². The second-order valence-electron chi connectivity index (χ2n) is 5.49. The molecule has 20 heavy (non-hydrogen) atoms. The van der Waals surface area contributed by atoms with E-state index in [-0.39, 0.29) is 5.91 Å². The molecule has 1 aromatic rings. The lowest BCUT2D eigenvalue weighted by molar-refractivity contribution is 0.0950. The number of hydrogen-bond acceptors (Lipinski definition) is 2. The highest BCUT2D eigenvalue weighted by Gasteiger charge is 2.13. The van der Waals surface area contributed by atoms with Crippen LogP contribution in [0.4, 0.5) is 0 Å². The van der Waals surface area contributed by atoms with Gasteiger partial charge in [0.05, 0.1) is 0 Å². The molecule has 0 radical (unpaired) electrons. The number of nitrogens with two attached hydrogens (primary N) is 1. The molecule has 0 heterocycles. The number of amides is 1. The van der Waals surface area contributed by atoms with Crippen LogP contribution in [0.2, 0.25) is 0 Å². The van der Waals surface area contributed by atoms with Crippen LogP contribution < -0.4 is 11.1 Å². The van der Waals surface area contributed by atoms with Crippen molar-refractivity contribution in [2.24, 2.45) is 11.7 Å². The molecule has 3 N–H and O–H groups in total. The maximum atomic E-state index is 12.1. The quantitative estimate of drug-likeness (QED) is 0.820. The van der Waals surface area contributed by atoms with Gasteiger partial charge >= 0.3 is 0 Å². The van der Waals surface area contributed by atoms with Gasteiger partial charge in [-0.25, -0.2) is 0 Å². The van der Waals surface area contributed by atoms with Crippen molar-refractivity contribution in [1.29, 1.82) is 0 Å². The van der Waals surface area contributed by atoms with Gasteiger partial charge in [-0.15, -0.1) is 0 Å². The minimum atomic E-state index is -0.0427. The van der Waals surface area contributed by atoms with Gasteiger partial charge in [-0.05, 0) is 24.5 Å². The molecule has 0 spiro atoms. The highest BCUT2D eigenvalue weighted by atomic mass is 32.1. The summed E-state index contributed by atoms with van der Waals surface area (Å²) >= 11 is 4.93. The van der Waals surface area contributed by atoms with Crippen molar-refractivity contribution < 1.29 is 4.79 Å². The van der Waals surface area contributed by atoms with Gasteiger partial charge in [0.2, 0.25) is 0 Å². The first-order valence-electron chi connectivity index (χ1n) is 7.35. The summed E-state index contributed by atoms with van der Waals surface area (Å²) in [5.74, 6) is 0.742. The predicted molar refractivity (Wildman–Crippen MR) is 85.9 cm³/mol. The number of thiocarbonyl (C=S) groups is 1. The van der Waals surface area contributed by atoms with E-state index in [0.29, 0.717) is 10.6 Å². The Morgan fingerprint density at radius 2 is 1.95 bits per heavy atom. The molecule has 0 bridgehead atoms. The Labute approximate surface area is 125 Å². The summed E-state index contributed by atoms with van der Waals surface area (Å²) in [4.78, 5) is 12.4. The molecule has 3 nitrogen and oxygen atoms in total. The Bertz CT molecular complexity index is 481. The average Bonchev–Trinajstić information content (AvgIpc) is 2.48. The summed E-state index contributed by atoms with van der Waals surface area (Å²) < 4.78 is 0. The normalized spacial score (nSPS) is 15.8. The molecule has 0 saturated heterocycles. The van der Waals surface area contributed by atoms with Crippen molar-refractivity contribution >= 4 is 23.1 Å². The molecule has 1 aromatic carbocycles. The van der Waals surface area contributed by atoms with Crippen molar-refractivity contribution in [1.82, 2.24) is 5.32 Å². The number of rotatable bonds is 5. The Morgan fingerprint density at radius 3 is 2.65 bits per heavy atom. The molecule has 4 heteroatoms. The summed E-state index contributed by atoms with van der Waals surface area (Å²) in [6.45, 7) is 0.751. The van der Waals surface area contributed by atoms with E-state index in [1.54, 1.807) is 12.1 Å². The zero-order valence-electron chi connectivity index (χ0n) is 11.7. The lowest BCUT2D eigenvalue weighted by atomic mass is 9.87. The third kappa shape index (κ3) is 4.30. The van der Waals surface area contributed by atoms with E-state index >= 15 is 0 Å². The molecule has 0 unspecified atom stereocenters. The SMILES string of the molecule is NC(=S)c1cccc(C(=O)NCCC2CCCCC2)c1. The van der Waals surface area contributed by atoms with E-state index in [1.807, 2.05) is 12.1 Å². The number of hydrogen-bond donors (Lipinski definition) is 2. The molecule has 0 aromatic heterocycles. The molecule has 1 amide bonds. The standard InChI is InChI=1S/C16H22N2OS/c17-15(20)13-7-4-8-14(11-13)16(19)18-10-9-12-5-2-1-3-6-12/h4,7-8,11-12H,1-3,5-6,9-10H2,(H2,17,20)(H,18,19). The highest BCUT2D eigenvalue weighted by molar-refractivity contribution is 7.80. The van der Waals surface area contributed by atoms with Crippen LogP contribution in [0.5, 0.6) is 0 Å². The lowest BCUT2D eigenvalue weighted by Gasteiger charge is -2.21. The van der Waals surface area contributed by atoms with E-state index in [9.17, 15) is 4.79 Å². The monoisotopic (exact) mass is 290 g/mol. The fraction of sp³-hybridized carbons (Fsp3) is 0.500. The van der Waals surface area contributed by atoms with Crippen LogP contribution in [-0.2, 0) is 0 Å². The van der Waals surface area contributed by atoms with Crippen LogP contribution in [0.25, 0.3) is 0 Å². The summed E-state index contributed by atoms with van der Waals surface area (Å²) in [5.41, 5.74) is 6.94. The van der Waals surface area contributed by atoms with Crippen molar-refractivity contribution in [2.75, 3.05) is 6.54 Å². The average molecular weight is 290 g/mol. The molecule has 108 valence electrons. The first-order valence-corrected chi connectivity index (χ1v) is 7.75. The summed E-state index contributed by atoms with van der Waals surface area (Å²) in [5, 5.41) is 2.99. The third-order valence-corrected chi connectivity index (χ3v) is 4.21. The van der Waals surface area contributed by atoms with E-state index in [1.165, 1.54) is 32.1 Å². The fourth-order valence-corrected chi connectivity index (χ4v) is 2.91. The van der Waals surface area contributed by atoms with Gasteiger partial charge in [0.1, 0.15) is 4.99 Å². The molecule has 2 rings (SSSR count). The van der Waals surface area contributed by atoms with Gasteiger partial charge in [-0.1, -0.05) is 56.5 Å². The smallest absolute Gasteiger partial charge is 0.251 e. The van der Waals surface area contributed by atoms with Gasteiger partial charge in [-0.3, -0.25) is 4.79 Å². The van der Waals surface area contributed by atoms with Crippen LogP contribution in [-0.4, -0.2) is 17.4 Å². The summed E-state index contributed by atoms with van der Waals surface area (Å²) in [6.07, 6.45) is 7.76. The minimum Gasteiger partial charge on any atom is -0.389 e. The van der Waals surface area contributed by atoms with E-state index in [0.717, 1.165) is 24.4 Å². The second kappa shape index (κ2) is 7.39. The highest BCUT2D eigenvalue weighted by Crippen LogP contribution is 2.25. The first kappa shape index (κ1) is 15.0. The van der Waals surface area contributed by atoms with Gasteiger partial charge in [0.15, 0.2) is 0 Å². The van der Waals surface area contributed by atoms with E-state index in [2.05, 4.69) is 5.32 Å². The number of benzene rings is 1. The van der Waals surface area contributed by atoms with Crippen LogP contribution in [0.1, 0.15) is 54.4 Å². The molecule has 0 atom stereocenters. The first-order chi connectivity index (χ1) is 9.66. The van der Waals surface area contributed by atoms with E-state index in [4.69, 9.17) is 18.0 Å². The van der Waals surface area contributed by atoms with Gasteiger partial charge < -0.3 is 11.1 Å². The number of carbonyl (C=O) groups excluding carboxylic acids is 1. The topological polar surface area (TPSA) is 55.1 Å². The summed E-state index contributed by atoms with van der Waals surface area (Å²) in [7, 11) is 0. The van der Waals surface area contributed by atoms with Crippen LogP contribution in [0.3, 0.4) is 0 Å². The molecule has 0 aliphatic heterocycles. The van der Waals surface area contributed by atoms with Crippen molar-refractivity contribution in [3.05, 3.63) is 35.4 Å². The molecular formula is C16H22N2OS. The summed E-state index contributed by atoms with van der Waals surface area (Å²) in [6, 6.07) is 7.17. The van der Waals surface area contributed by atoms with Gasteiger partial charge in [-0.2, -0.15) is 0 Å². The zero-order chi connectivity index (χ0) is 14.4. The maximum Gasteiger partial charge on any atom is 0.251 e. The maximum absolute atomic E-state index is 12.1. The molecule has 1 saturated carbocycles. The molecule has 1 fully saturated rings. The number of nitrogens with one attached hydrogen (secondary N) is 1. The Balaban J connectivity index is 1.82. The molecular weight excluding hydrogens is 268 g/mol. The Kier molecular flexibility index (Phi) is 5.53. The Morgan fingerprint density at radius 1 is 1.25 bits per heavy atom. The third-order valence-electron chi connectivity index (χ3n) is 3.97. The predicted octanol–water partition coefficient (Wildman–Crippen LogP) is 3.02. The van der Waals surface area contributed by atoms with Gasteiger partial charge in [0.25, 0.3) is 5.91 Å². The zero-order valence-corrected chi connectivity index (χ0v) is 12.5. The van der Waals surface area contributed by atoms with Gasteiger partial charge in [0, 0.05) is 17.7 Å². The Hall–Kier alpha value is -1.42. The van der Waals surface area contributed by atoms with Crippen molar-refractivity contribution in [2.45, 2.75) is 38.5 Å². The lowest BCUT2D eigenvalue weighted by Crippen LogP contribution is -2.26. The van der Waals surface area contributed by atoms with Crippen molar-refractivity contribution in [3.8, 4) is 0 Å². The molecule has 1 aliphatic carbocycles. The van der Waals surface area contributed by atoms with Crippen LogP contribution in [0.15, 0.2) is 24.3 Å². The van der Waals surface area contributed by atoms with Crippen molar-refractivity contribution in [3.63, 3.8) is 0 Å². The fourth-order valence-electron chi connectivity index (χ4n) is 2.78. The van der Waals surface area contributed by atoms with Crippen LogP contribution >= 0.6 is 12.2 Å². The minimum absolute atomic E-state index is 0.0427. The van der Waals surface area contributed by atoms with Crippen LogP contribution in [0, 0.1) is 5.92 Å². The number of carbonyl (C=O) groups is 1. The largest absolute Gasteiger partial charge is 0.389 e. The molecule has 1 aliphatic rings.